The van der Waals surface area contributed by atoms with E-state index >= 15 is 0 Å². The zero-order valence-electron chi connectivity index (χ0n) is 11.8. The fourth-order valence-electron chi connectivity index (χ4n) is 1.80. The first kappa shape index (κ1) is 14.6. The summed E-state index contributed by atoms with van der Waals surface area (Å²) in [5, 5.41) is 0.476. The number of thioether (sulfide) groups is 1. The third-order valence-corrected chi connectivity index (χ3v) is 3.22. The van der Waals surface area contributed by atoms with E-state index in [4.69, 9.17) is 10.5 Å². The number of nitrogen functional groups attached to an aromatic ring is 1. The Morgan fingerprint density at radius 1 is 1.40 bits per heavy atom. The number of amides is 2. The summed E-state index contributed by atoms with van der Waals surface area (Å²) in [6, 6.07) is 0. The lowest BCUT2D eigenvalue weighted by atomic mass is 10.2. The molecule has 0 aromatic carbocycles. The smallest absolute Gasteiger partial charge is 0.417 e. The summed E-state index contributed by atoms with van der Waals surface area (Å²) >= 11 is 1.29. The molecule has 7 nitrogen and oxygen atoms in total. The van der Waals surface area contributed by atoms with Gasteiger partial charge in [0.2, 0.25) is 5.95 Å². The molecule has 0 radical (unpaired) electrons. The minimum absolute atomic E-state index is 0.0589. The van der Waals surface area contributed by atoms with Crippen molar-refractivity contribution in [2.45, 2.75) is 37.9 Å². The summed E-state index contributed by atoms with van der Waals surface area (Å²) in [6.07, 6.45) is 1.09. The van der Waals surface area contributed by atoms with Gasteiger partial charge in [-0.2, -0.15) is 0 Å². The first-order chi connectivity index (χ1) is 9.23. The van der Waals surface area contributed by atoms with Crippen molar-refractivity contribution in [3.05, 3.63) is 11.3 Å². The Labute approximate surface area is 120 Å². The zero-order valence-corrected chi connectivity index (χ0v) is 12.6. The number of hydrogen-bond acceptors (Lipinski definition) is 7. The SMILES string of the molecule is CSc1nc(N)nc2c1C(=O)N(C(=O)OC(C)(C)C)C2. The van der Waals surface area contributed by atoms with Gasteiger partial charge in [-0.3, -0.25) is 4.79 Å². The molecule has 0 bridgehead atoms. The number of nitrogens with two attached hydrogens (primary N) is 1. The molecule has 0 saturated carbocycles. The first-order valence-electron chi connectivity index (χ1n) is 5.98. The number of aromatic nitrogens is 2. The summed E-state index contributed by atoms with van der Waals surface area (Å²) in [5.41, 5.74) is 5.71. The maximum atomic E-state index is 12.3. The number of carbonyl (C=O) groups is 2. The molecule has 8 heteroatoms. The highest BCUT2D eigenvalue weighted by molar-refractivity contribution is 7.98. The summed E-state index contributed by atoms with van der Waals surface area (Å²) in [7, 11) is 0. The van der Waals surface area contributed by atoms with Crippen LogP contribution in [-0.2, 0) is 11.3 Å². The Bertz CT molecular complexity index is 583. The largest absolute Gasteiger partial charge is 0.443 e. The minimum Gasteiger partial charge on any atom is -0.443 e. The number of carbonyl (C=O) groups excluding carboxylic acids is 2. The number of fused-ring (bicyclic) bond motifs is 1. The highest BCUT2D eigenvalue weighted by Crippen LogP contribution is 2.30. The highest BCUT2D eigenvalue weighted by atomic mass is 32.2. The van der Waals surface area contributed by atoms with Gasteiger partial charge in [0.15, 0.2) is 0 Å². The second-order valence-electron chi connectivity index (χ2n) is 5.28. The molecule has 1 aromatic rings. The van der Waals surface area contributed by atoms with Gasteiger partial charge < -0.3 is 10.5 Å². The number of imide groups is 1. The molecule has 1 aromatic heterocycles. The van der Waals surface area contributed by atoms with E-state index in [0.717, 1.165) is 4.90 Å². The Morgan fingerprint density at radius 3 is 2.60 bits per heavy atom. The van der Waals surface area contributed by atoms with Crippen molar-refractivity contribution in [1.82, 2.24) is 14.9 Å². The monoisotopic (exact) mass is 296 g/mol. The second kappa shape index (κ2) is 4.93. The van der Waals surface area contributed by atoms with Crippen molar-refractivity contribution < 1.29 is 14.3 Å². The van der Waals surface area contributed by atoms with Gasteiger partial charge >= 0.3 is 6.09 Å². The topological polar surface area (TPSA) is 98.4 Å². The molecule has 0 saturated heterocycles. The Kier molecular flexibility index (Phi) is 3.59. The number of ether oxygens (including phenoxy) is 1. The van der Waals surface area contributed by atoms with Gasteiger partial charge in [0, 0.05) is 0 Å². The van der Waals surface area contributed by atoms with Crippen molar-refractivity contribution in [3.8, 4) is 0 Å². The van der Waals surface area contributed by atoms with Crippen LogP contribution < -0.4 is 5.73 Å². The molecule has 0 spiro atoms. The van der Waals surface area contributed by atoms with Crippen LogP contribution in [0.4, 0.5) is 10.7 Å². The van der Waals surface area contributed by atoms with Crippen LogP contribution in [0.15, 0.2) is 5.03 Å². The van der Waals surface area contributed by atoms with Crippen LogP contribution in [0.25, 0.3) is 0 Å². The summed E-state index contributed by atoms with van der Waals surface area (Å²) in [5.74, 6) is -0.356. The molecule has 1 aliphatic rings. The third kappa shape index (κ3) is 2.69. The first-order valence-corrected chi connectivity index (χ1v) is 7.20. The lowest BCUT2D eigenvalue weighted by molar-refractivity contribution is 0.0246. The summed E-state index contributed by atoms with van der Waals surface area (Å²) in [6.45, 7) is 5.28. The molecule has 2 rings (SSSR count). The van der Waals surface area contributed by atoms with Crippen LogP contribution >= 0.6 is 11.8 Å². The molecule has 2 heterocycles. The molecule has 2 N–H and O–H groups in total. The minimum atomic E-state index is -0.689. The predicted molar refractivity (Wildman–Crippen MR) is 74.3 cm³/mol. The van der Waals surface area contributed by atoms with Gasteiger partial charge in [0.1, 0.15) is 10.6 Å². The normalized spacial score (nSPS) is 14.4. The standard InChI is InChI=1S/C12H16N4O3S/c1-12(2,3)19-11(18)16-5-6-7(9(16)17)8(20-4)15-10(13)14-6/h5H2,1-4H3,(H2,13,14,15). The van der Waals surface area contributed by atoms with Gasteiger partial charge in [-0.25, -0.2) is 19.7 Å². The van der Waals surface area contributed by atoms with Gasteiger partial charge in [-0.05, 0) is 27.0 Å². The molecule has 20 heavy (non-hydrogen) atoms. The van der Waals surface area contributed by atoms with Crippen LogP contribution in [0.1, 0.15) is 36.8 Å². The maximum absolute atomic E-state index is 12.3. The van der Waals surface area contributed by atoms with E-state index in [1.54, 1.807) is 27.0 Å². The van der Waals surface area contributed by atoms with Crippen LogP contribution in [0.5, 0.6) is 0 Å². The average molecular weight is 296 g/mol. The number of hydrogen-bond donors (Lipinski definition) is 1. The van der Waals surface area contributed by atoms with E-state index in [2.05, 4.69) is 9.97 Å². The molecular formula is C12H16N4O3S. The molecule has 0 unspecified atom stereocenters. The van der Waals surface area contributed by atoms with E-state index in [1.807, 2.05) is 0 Å². The van der Waals surface area contributed by atoms with Gasteiger partial charge in [-0.15, -0.1) is 11.8 Å². The molecule has 0 aliphatic carbocycles. The Balaban J connectivity index is 2.32. The van der Waals surface area contributed by atoms with Crippen molar-refractivity contribution in [3.63, 3.8) is 0 Å². The van der Waals surface area contributed by atoms with Crippen molar-refractivity contribution >= 4 is 29.7 Å². The number of anilines is 1. The van der Waals surface area contributed by atoms with Crippen LogP contribution in [-0.4, -0.2) is 38.7 Å². The van der Waals surface area contributed by atoms with Crippen LogP contribution in [0.2, 0.25) is 0 Å². The van der Waals surface area contributed by atoms with E-state index < -0.39 is 17.6 Å². The van der Waals surface area contributed by atoms with Gasteiger partial charge in [0.05, 0.1) is 17.8 Å². The Hall–Kier alpha value is -1.83. The van der Waals surface area contributed by atoms with E-state index in [0.29, 0.717) is 16.3 Å². The van der Waals surface area contributed by atoms with E-state index in [1.165, 1.54) is 11.8 Å². The van der Waals surface area contributed by atoms with Gasteiger partial charge in [-0.1, -0.05) is 0 Å². The van der Waals surface area contributed by atoms with Gasteiger partial charge in [0.25, 0.3) is 5.91 Å². The second-order valence-corrected chi connectivity index (χ2v) is 6.08. The molecule has 0 atom stereocenters. The van der Waals surface area contributed by atoms with E-state index in [-0.39, 0.29) is 12.5 Å². The lowest BCUT2D eigenvalue weighted by Gasteiger charge is -2.23. The zero-order chi connectivity index (χ0) is 15.1. The molecular weight excluding hydrogens is 280 g/mol. The van der Waals surface area contributed by atoms with E-state index in [9.17, 15) is 9.59 Å². The van der Waals surface area contributed by atoms with Crippen molar-refractivity contribution in [1.29, 1.82) is 0 Å². The third-order valence-electron chi connectivity index (χ3n) is 2.54. The molecule has 2 amide bonds. The lowest BCUT2D eigenvalue weighted by Crippen LogP contribution is -2.37. The highest BCUT2D eigenvalue weighted by Gasteiger charge is 2.38. The van der Waals surface area contributed by atoms with Crippen LogP contribution in [0.3, 0.4) is 0 Å². The molecule has 108 valence electrons. The fraction of sp³-hybridized carbons (Fsp3) is 0.500. The fourth-order valence-corrected chi connectivity index (χ4v) is 2.39. The average Bonchev–Trinajstić information content (AvgIpc) is 2.63. The number of rotatable bonds is 1. The van der Waals surface area contributed by atoms with Crippen LogP contribution in [0, 0.1) is 0 Å². The number of nitrogens with zero attached hydrogens (tertiary/aromatic N) is 3. The maximum Gasteiger partial charge on any atom is 0.417 e. The summed E-state index contributed by atoms with van der Waals surface area (Å²) in [4.78, 5) is 33.4. The predicted octanol–water partition coefficient (Wildman–Crippen LogP) is 1.67. The Morgan fingerprint density at radius 2 is 2.05 bits per heavy atom. The molecule has 1 aliphatic heterocycles. The quantitative estimate of drug-likeness (QED) is 0.621. The molecule has 0 fully saturated rings. The van der Waals surface area contributed by atoms with Crippen molar-refractivity contribution in [2.75, 3.05) is 12.0 Å². The summed E-state index contributed by atoms with van der Waals surface area (Å²) < 4.78 is 5.21. The van der Waals surface area contributed by atoms with Crippen molar-refractivity contribution in [2.24, 2.45) is 0 Å².